The van der Waals surface area contributed by atoms with Crippen LogP contribution in [0.3, 0.4) is 0 Å². The number of nitro benzene ring substituents is 1. The number of benzene rings is 2. The van der Waals surface area contributed by atoms with Crippen LogP contribution in [-0.4, -0.2) is 30.0 Å². The molecule has 0 radical (unpaired) electrons. The van der Waals surface area contributed by atoms with Gasteiger partial charge in [0.25, 0.3) is 5.69 Å². The molecule has 0 fully saturated rings. The van der Waals surface area contributed by atoms with E-state index in [1.54, 1.807) is 49.4 Å². The van der Waals surface area contributed by atoms with Crippen molar-refractivity contribution in [1.82, 2.24) is 0 Å². The summed E-state index contributed by atoms with van der Waals surface area (Å²) in [5.41, 5.74) is 0.689. The molecule has 1 N–H and O–H groups in total. The van der Waals surface area contributed by atoms with Gasteiger partial charge < -0.3 is 14.8 Å². The second-order valence-electron chi connectivity index (χ2n) is 5.26. The molecule has 0 atom stereocenters. The summed E-state index contributed by atoms with van der Waals surface area (Å²) in [5, 5.41) is 13.6. The molecule has 0 saturated carbocycles. The first-order valence-corrected chi connectivity index (χ1v) is 8.10. The quantitative estimate of drug-likeness (QED) is 0.331. The molecule has 2 rings (SSSR count). The summed E-state index contributed by atoms with van der Waals surface area (Å²) in [6.07, 6.45) is 2.57. The van der Waals surface area contributed by atoms with Crippen molar-refractivity contribution in [2.24, 2.45) is 0 Å². The summed E-state index contributed by atoms with van der Waals surface area (Å²) in [6, 6.07) is 12.6. The van der Waals surface area contributed by atoms with E-state index in [0.717, 1.165) is 0 Å². The van der Waals surface area contributed by atoms with Gasteiger partial charge in [0.15, 0.2) is 6.61 Å². The summed E-state index contributed by atoms with van der Waals surface area (Å²) in [5.74, 6) is -0.557. The molecular weight excluding hydrogens is 352 g/mol. The van der Waals surface area contributed by atoms with Gasteiger partial charge in [-0.25, -0.2) is 4.79 Å². The average molecular weight is 370 g/mol. The van der Waals surface area contributed by atoms with Gasteiger partial charge in [0, 0.05) is 23.9 Å². The van der Waals surface area contributed by atoms with Crippen molar-refractivity contribution in [3.8, 4) is 5.75 Å². The van der Waals surface area contributed by atoms with Gasteiger partial charge in [-0.1, -0.05) is 18.2 Å². The van der Waals surface area contributed by atoms with Crippen LogP contribution < -0.4 is 10.1 Å². The first-order chi connectivity index (χ1) is 13.0. The van der Waals surface area contributed by atoms with Crippen LogP contribution in [0.25, 0.3) is 6.08 Å². The molecule has 0 heterocycles. The van der Waals surface area contributed by atoms with Gasteiger partial charge in [0.05, 0.1) is 17.1 Å². The number of carbonyl (C=O) groups is 2. The fourth-order valence-corrected chi connectivity index (χ4v) is 2.15. The fourth-order valence-electron chi connectivity index (χ4n) is 2.15. The van der Waals surface area contributed by atoms with Crippen molar-refractivity contribution >= 4 is 29.3 Å². The van der Waals surface area contributed by atoms with Crippen LogP contribution in [0.1, 0.15) is 12.5 Å². The molecule has 2 aromatic rings. The molecule has 0 unspecified atom stereocenters. The maximum atomic E-state index is 12.0. The highest BCUT2D eigenvalue weighted by Gasteiger charge is 2.10. The molecule has 0 aliphatic heterocycles. The third-order valence-corrected chi connectivity index (χ3v) is 3.31. The SMILES string of the molecule is CCOC(=O)COc1cccc(NC(=O)/C=C/c2ccccc2[N+](=O)[O-])c1. The van der Waals surface area contributed by atoms with Gasteiger partial charge >= 0.3 is 5.97 Å². The number of amides is 1. The topological polar surface area (TPSA) is 108 Å². The number of carbonyl (C=O) groups excluding carboxylic acids is 2. The largest absolute Gasteiger partial charge is 0.482 e. The minimum absolute atomic E-state index is 0.0871. The van der Waals surface area contributed by atoms with E-state index in [4.69, 9.17) is 9.47 Å². The lowest BCUT2D eigenvalue weighted by atomic mass is 10.1. The summed E-state index contributed by atoms with van der Waals surface area (Å²) in [6.45, 7) is 1.73. The van der Waals surface area contributed by atoms with Gasteiger partial charge in [-0.05, 0) is 31.2 Å². The highest BCUT2D eigenvalue weighted by Crippen LogP contribution is 2.20. The summed E-state index contributed by atoms with van der Waals surface area (Å²) >= 11 is 0. The van der Waals surface area contributed by atoms with Gasteiger partial charge in [0.2, 0.25) is 5.91 Å². The van der Waals surface area contributed by atoms with E-state index < -0.39 is 16.8 Å². The maximum absolute atomic E-state index is 12.0. The zero-order valence-corrected chi connectivity index (χ0v) is 14.6. The Morgan fingerprint density at radius 1 is 1.19 bits per heavy atom. The maximum Gasteiger partial charge on any atom is 0.344 e. The lowest BCUT2D eigenvalue weighted by Gasteiger charge is -2.08. The molecule has 0 spiro atoms. The van der Waals surface area contributed by atoms with Crippen molar-refractivity contribution in [3.05, 3.63) is 70.3 Å². The number of hydrogen-bond acceptors (Lipinski definition) is 6. The van der Waals surface area contributed by atoms with Crippen LogP contribution >= 0.6 is 0 Å². The number of ether oxygens (including phenoxy) is 2. The van der Waals surface area contributed by atoms with Crippen molar-refractivity contribution in [3.63, 3.8) is 0 Å². The number of nitrogens with zero attached hydrogens (tertiary/aromatic N) is 1. The zero-order valence-electron chi connectivity index (χ0n) is 14.6. The Kier molecular flexibility index (Phi) is 7.07. The first kappa shape index (κ1) is 19.6. The van der Waals surface area contributed by atoms with E-state index in [1.807, 2.05) is 0 Å². The summed E-state index contributed by atoms with van der Waals surface area (Å²) in [4.78, 5) is 33.8. The third kappa shape index (κ3) is 6.28. The number of nitro groups is 1. The van der Waals surface area contributed by atoms with Crippen LogP contribution in [0, 0.1) is 10.1 Å². The Morgan fingerprint density at radius 2 is 1.96 bits per heavy atom. The second kappa shape index (κ2) is 9.71. The monoisotopic (exact) mass is 370 g/mol. The van der Waals surface area contributed by atoms with Crippen LogP contribution in [0.5, 0.6) is 5.75 Å². The van der Waals surface area contributed by atoms with Crippen LogP contribution in [0.2, 0.25) is 0 Å². The number of anilines is 1. The van der Waals surface area contributed by atoms with E-state index in [0.29, 0.717) is 17.0 Å². The third-order valence-electron chi connectivity index (χ3n) is 3.31. The second-order valence-corrected chi connectivity index (χ2v) is 5.26. The van der Waals surface area contributed by atoms with Crippen molar-refractivity contribution < 1.29 is 24.0 Å². The molecule has 8 heteroatoms. The average Bonchev–Trinajstić information content (AvgIpc) is 2.65. The van der Waals surface area contributed by atoms with Gasteiger partial charge in [-0.3, -0.25) is 14.9 Å². The van der Waals surface area contributed by atoms with Crippen LogP contribution in [-0.2, 0) is 14.3 Å². The summed E-state index contributed by atoms with van der Waals surface area (Å²) < 4.78 is 10.1. The Hall–Kier alpha value is -3.68. The minimum atomic E-state index is -0.512. The van der Waals surface area contributed by atoms with E-state index in [2.05, 4.69) is 5.32 Å². The molecule has 27 heavy (non-hydrogen) atoms. The molecule has 0 bridgehead atoms. The molecule has 2 aromatic carbocycles. The molecule has 0 aliphatic carbocycles. The lowest BCUT2D eigenvalue weighted by Crippen LogP contribution is -2.14. The molecular formula is C19H18N2O6. The van der Waals surface area contributed by atoms with E-state index in [9.17, 15) is 19.7 Å². The number of para-hydroxylation sites is 1. The number of nitrogens with one attached hydrogen (secondary N) is 1. The lowest BCUT2D eigenvalue weighted by molar-refractivity contribution is -0.385. The fraction of sp³-hybridized carbons (Fsp3) is 0.158. The van der Waals surface area contributed by atoms with Gasteiger partial charge in [0.1, 0.15) is 5.75 Å². The smallest absolute Gasteiger partial charge is 0.344 e. The molecule has 0 aliphatic rings. The molecule has 1 amide bonds. The zero-order chi connectivity index (χ0) is 19.6. The normalized spacial score (nSPS) is 10.4. The van der Waals surface area contributed by atoms with Crippen molar-refractivity contribution in [2.75, 3.05) is 18.5 Å². The van der Waals surface area contributed by atoms with E-state index in [1.165, 1.54) is 18.2 Å². The molecule has 140 valence electrons. The number of hydrogen-bond donors (Lipinski definition) is 1. The number of esters is 1. The molecule has 8 nitrogen and oxygen atoms in total. The molecule has 0 saturated heterocycles. The summed E-state index contributed by atoms with van der Waals surface area (Å²) in [7, 11) is 0. The van der Waals surface area contributed by atoms with Crippen LogP contribution in [0.4, 0.5) is 11.4 Å². The van der Waals surface area contributed by atoms with Gasteiger partial charge in [-0.2, -0.15) is 0 Å². The number of rotatable bonds is 8. The standard InChI is InChI=1S/C19H18N2O6/c1-2-26-19(23)13-27-16-8-5-7-15(12-16)20-18(22)11-10-14-6-3-4-9-17(14)21(24)25/h3-12H,2,13H2,1H3,(H,20,22)/b11-10+. The first-order valence-electron chi connectivity index (χ1n) is 8.10. The molecule has 0 aromatic heterocycles. The van der Waals surface area contributed by atoms with Crippen LogP contribution in [0.15, 0.2) is 54.6 Å². The predicted octanol–water partition coefficient (Wildman–Crippen LogP) is 3.19. The van der Waals surface area contributed by atoms with Crippen molar-refractivity contribution in [2.45, 2.75) is 6.92 Å². The van der Waals surface area contributed by atoms with E-state index >= 15 is 0 Å². The van der Waals surface area contributed by atoms with E-state index in [-0.39, 0.29) is 18.9 Å². The Morgan fingerprint density at radius 3 is 2.70 bits per heavy atom. The Bertz CT molecular complexity index is 863. The highest BCUT2D eigenvalue weighted by atomic mass is 16.6. The Labute approximate surface area is 155 Å². The minimum Gasteiger partial charge on any atom is -0.482 e. The van der Waals surface area contributed by atoms with Crippen molar-refractivity contribution in [1.29, 1.82) is 0 Å². The highest BCUT2D eigenvalue weighted by molar-refractivity contribution is 6.02. The van der Waals surface area contributed by atoms with Gasteiger partial charge in [-0.15, -0.1) is 0 Å². The Balaban J connectivity index is 1.99. The predicted molar refractivity (Wildman–Crippen MR) is 99.3 cm³/mol.